The molecule has 0 spiro atoms. The average Bonchev–Trinajstić information content (AvgIpc) is 2.21. The van der Waals surface area contributed by atoms with Gasteiger partial charge < -0.3 is 4.90 Å². The van der Waals surface area contributed by atoms with Gasteiger partial charge in [0.2, 0.25) is 0 Å². The molecule has 0 N–H and O–H groups in total. The standard InChI is InChI=1S/C13H20ClN/c1-3-10-15(2)11-4-5-12-6-8-13(14)9-7-12/h6-9H,3-5,10-11H2,1-2H3. The smallest absolute Gasteiger partial charge is 0.0406 e. The SMILES string of the molecule is CCCN(C)CCCc1ccc(Cl)cc1. The molecule has 0 unspecified atom stereocenters. The van der Waals surface area contributed by atoms with E-state index in [1.807, 2.05) is 12.1 Å². The maximum atomic E-state index is 5.83. The Bertz CT molecular complexity index is 268. The maximum absolute atomic E-state index is 5.83. The maximum Gasteiger partial charge on any atom is 0.0406 e. The van der Waals surface area contributed by atoms with E-state index in [0.717, 1.165) is 11.4 Å². The predicted molar refractivity (Wildman–Crippen MR) is 67.6 cm³/mol. The van der Waals surface area contributed by atoms with Crippen molar-refractivity contribution in [1.29, 1.82) is 0 Å². The summed E-state index contributed by atoms with van der Waals surface area (Å²) in [5.41, 5.74) is 1.38. The van der Waals surface area contributed by atoms with E-state index in [1.165, 1.54) is 31.5 Å². The highest BCUT2D eigenvalue weighted by atomic mass is 35.5. The monoisotopic (exact) mass is 225 g/mol. The molecule has 0 saturated heterocycles. The van der Waals surface area contributed by atoms with Gasteiger partial charge in [-0.3, -0.25) is 0 Å². The van der Waals surface area contributed by atoms with E-state index < -0.39 is 0 Å². The van der Waals surface area contributed by atoms with Gasteiger partial charge >= 0.3 is 0 Å². The van der Waals surface area contributed by atoms with E-state index in [9.17, 15) is 0 Å². The van der Waals surface area contributed by atoms with Gasteiger partial charge in [-0.25, -0.2) is 0 Å². The summed E-state index contributed by atoms with van der Waals surface area (Å²) in [6.07, 6.45) is 3.60. The zero-order valence-corrected chi connectivity index (χ0v) is 10.4. The molecule has 1 nitrogen and oxygen atoms in total. The van der Waals surface area contributed by atoms with Gasteiger partial charge in [-0.1, -0.05) is 30.7 Å². The van der Waals surface area contributed by atoms with Crippen LogP contribution in [-0.4, -0.2) is 25.0 Å². The number of halogens is 1. The fraction of sp³-hybridized carbons (Fsp3) is 0.538. The van der Waals surface area contributed by atoms with E-state index in [1.54, 1.807) is 0 Å². The topological polar surface area (TPSA) is 3.24 Å². The molecular formula is C13H20ClN. The lowest BCUT2D eigenvalue weighted by Gasteiger charge is -2.14. The zero-order chi connectivity index (χ0) is 11.1. The average molecular weight is 226 g/mol. The highest BCUT2D eigenvalue weighted by Gasteiger charge is 1.97. The number of aryl methyl sites for hydroxylation is 1. The van der Waals surface area contributed by atoms with Crippen molar-refractivity contribution >= 4 is 11.6 Å². The molecule has 0 aliphatic heterocycles. The van der Waals surface area contributed by atoms with Gasteiger partial charge in [-0.2, -0.15) is 0 Å². The molecule has 1 aromatic rings. The summed E-state index contributed by atoms with van der Waals surface area (Å²) in [7, 11) is 2.19. The van der Waals surface area contributed by atoms with Crippen LogP contribution in [0, 0.1) is 0 Å². The van der Waals surface area contributed by atoms with Gasteiger partial charge in [-0.05, 0) is 57.1 Å². The third kappa shape index (κ3) is 5.19. The second-order valence-corrected chi connectivity index (χ2v) is 4.47. The van der Waals surface area contributed by atoms with Crippen molar-refractivity contribution < 1.29 is 0 Å². The molecule has 0 radical (unpaired) electrons. The first-order valence-corrected chi connectivity index (χ1v) is 6.03. The normalized spacial score (nSPS) is 10.9. The summed E-state index contributed by atoms with van der Waals surface area (Å²) < 4.78 is 0. The summed E-state index contributed by atoms with van der Waals surface area (Å²) in [4.78, 5) is 2.38. The molecule has 84 valence electrons. The van der Waals surface area contributed by atoms with Crippen LogP contribution in [0.4, 0.5) is 0 Å². The Morgan fingerprint density at radius 2 is 1.80 bits per heavy atom. The molecule has 2 heteroatoms. The minimum atomic E-state index is 0.821. The fourth-order valence-electron chi connectivity index (χ4n) is 1.70. The molecule has 0 heterocycles. The first-order valence-electron chi connectivity index (χ1n) is 5.65. The third-order valence-electron chi connectivity index (χ3n) is 2.52. The van der Waals surface area contributed by atoms with Crippen LogP contribution in [0.15, 0.2) is 24.3 Å². The molecule has 0 amide bonds. The number of benzene rings is 1. The molecule has 0 aromatic heterocycles. The van der Waals surface area contributed by atoms with Crippen LogP contribution in [-0.2, 0) is 6.42 Å². The molecule has 0 saturated carbocycles. The second kappa shape index (κ2) is 6.86. The number of rotatable bonds is 6. The Hall–Kier alpha value is -0.530. The summed E-state index contributed by atoms with van der Waals surface area (Å²) in [5.74, 6) is 0. The van der Waals surface area contributed by atoms with E-state index in [4.69, 9.17) is 11.6 Å². The Labute approximate surface area is 98.0 Å². The second-order valence-electron chi connectivity index (χ2n) is 4.03. The van der Waals surface area contributed by atoms with Crippen molar-refractivity contribution in [3.63, 3.8) is 0 Å². The number of hydrogen-bond acceptors (Lipinski definition) is 1. The van der Waals surface area contributed by atoms with Gasteiger partial charge in [0.15, 0.2) is 0 Å². The third-order valence-corrected chi connectivity index (χ3v) is 2.78. The van der Waals surface area contributed by atoms with E-state index in [2.05, 4.69) is 31.0 Å². The van der Waals surface area contributed by atoms with Gasteiger partial charge in [0.05, 0.1) is 0 Å². The Balaban J connectivity index is 2.22. The van der Waals surface area contributed by atoms with Crippen molar-refractivity contribution in [2.45, 2.75) is 26.2 Å². The molecule has 15 heavy (non-hydrogen) atoms. The Morgan fingerprint density at radius 3 is 2.40 bits per heavy atom. The van der Waals surface area contributed by atoms with Crippen molar-refractivity contribution in [2.24, 2.45) is 0 Å². The lowest BCUT2D eigenvalue weighted by molar-refractivity contribution is 0.330. The molecule has 1 aromatic carbocycles. The summed E-state index contributed by atoms with van der Waals surface area (Å²) >= 11 is 5.83. The Kier molecular flexibility index (Phi) is 5.74. The summed E-state index contributed by atoms with van der Waals surface area (Å²) in [6, 6.07) is 8.16. The lowest BCUT2D eigenvalue weighted by atomic mass is 10.1. The Morgan fingerprint density at radius 1 is 1.13 bits per heavy atom. The van der Waals surface area contributed by atoms with E-state index in [-0.39, 0.29) is 0 Å². The molecule has 0 fully saturated rings. The van der Waals surface area contributed by atoms with Crippen LogP contribution in [0.1, 0.15) is 25.3 Å². The van der Waals surface area contributed by atoms with E-state index in [0.29, 0.717) is 0 Å². The van der Waals surface area contributed by atoms with Crippen LogP contribution in [0.25, 0.3) is 0 Å². The predicted octanol–water partition coefficient (Wildman–Crippen LogP) is 3.61. The summed E-state index contributed by atoms with van der Waals surface area (Å²) in [5, 5.41) is 0.821. The first kappa shape index (κ1) is 12.5. The molecule has 0 bridgehead atoms. The van der Waals surface area contributed by atoms with Crippen molar-refractivity contribution in [2.75, 3.05) is 20.1 Å². The largest absolute Gasteiger partial charge is 0.306 e. The van der Waals surface area contributed by atoms with Crippen LogP contribution < -0.4 is 0 Å². The van der Waals surface area contributed by atoms with Gasteiger partial charge in [0.1, 0.15) is 0 Å². The number of nitrogens with zero attached hydrogens (tertiary/aromatic N) is 1. The molecular weight excluding hydrogens is 206 g/mol. The minimum absolute atomic E-state index is 0.821. The van der Waals surface area contributed by atoms with Crippen LogP contribution in [0.2, 0.25) is 5.02 Å². The molecule has 0 atom stereocenters. The van der Waals surface area contributed by atoms with Gasteiger partial charge in [0, 0.05) is 5.02 Å². The van der Waals surface area contributed by atoms with Gasteiger partial charge in [-0.15, -0.1) is 0 Å². The molecule has 0 aliphatic rings. The fourth-order valence-corrected chi connectivity index (χ4v) is 1.82. The van der Waals surface area contributed by atoms with Gasteiger partial charge in [0.25, 0.3) is 0 Å². The highest BCUT2D eigenvalue weighted by Crippen LogP contribution is 2.11. The van der Waals surface area contributed by atoms with Crippen molar-refractivity contribution in [3.8, 4) is 0 Å². The van der Waals surface area contributed by atoms with E-state index >= 15 is 0 Å². The van der Waals surface area contributed by atoms with Crippen molar-refractivity contribution in [1.82, 2.24) is 4.90 Å². The first-order chi connectivity index (χ1) is 7.22. The van der Waals surface area contributed by atoms with Crippen LogP contribution in [0.3, 0.4) is 0 Å². The lowest BCUT2D eigenvalue weighted by Crippen LogP contribution is -2.20. The van der Waals surface area contributed by atoms with Crippen molar-refractivity contribution in [3.05, 3.63) is 34.9 Å². The quantitative estimate of drug-likeness (QED) is 0.715. The van der Waals surface area contributed by atoms with Crippen LogP contribution >= 0.6 is 11.6 Å². The zero-order valence-electron chi connectivity index (χ0n) is 9.67. The summed E-state index contributed by atoms with van der Waals surface area (Å²) in [6.45, 7) is 4.59. The minimum Gasteiger partial charge on any atom is -0.306 e. The van der Waals surface area contributed by atoms with Crippen LogP contribution in [0.5, 0.6) is 0 Å². The molecule has 0 aliphatic carbocycles. The highest BCUT2D eigenvalue weighted by molar-refractivity contribution is 6.30. The molecule has 1 rings (SSSR count). The number of hydrogen-bond donors (Lipinski definition) is 0.